The first-order valence-electron chi connectivity index (χ1n) is 6.89. The number of carbonyl (C=O) groups is 2. The van der Waals surface area contributed by atoms with E-state index in [0.29, 0.717) is 18.7 Å². The lowest BCUT2D eigenvalue weighted by atomic mass is 10.1. The van der Waals surface area contributed by atoms with Crippen LogP contribution in [0.25, 0.3) is 0 Å². The highest BCUT2D eigenvalue weighted by atomic mass is 16.5. The van der Waals surface area contributed by atoms with Crippen LogP contribution in [0.1, 0.15) is 25.3 Å². The zero-order chi connectivity index (χ0) is 15.7. The van der Waals surface area contributed by atoms with Gasteiger partial charge in [0.2, 0.25) is 0 Å². The van der Waals surface area contributed by atoms with Crippen LogP contribution in [-0.2, 0) is 16.0 Å². The fourth-order valence-corrected chi connectivity index (χ4v) is 1.85. The minimum Gasteiger partial charge on any atom is -0.481 e. The number of benzene rings is 1. The number of aliphatic carboxylic acids is 1. The van der Waals surface area contributed by atoms with Gasteiger partial charge in [-0.3, -0.25) is 4.79 Å². The molecule has 3 N–H and O–H groups in total. The zero-order valence-electron chi connectivity index (χ0n) is 12.4. The number of urea groups is 1. The van der Waals surface area contributed by atoms with Gasteiger partial charge in [0.25, 0.3) is 0 Å². The molecule has 1 atom stereocenters. The molecule has 0 aliphatic heterocycles. The van der Waals surface area contributed by atoms with Crippen LogP contribution in [-0.4, -0.2) is 36.9 Å². The number of ether oxygens (including phenoxy) is 1. The molecular weight excluding hydrogens is 272 g/mol. The molecule has 1 unspecified atom stereocenters. The first-order valence-corrected chi connectivity index (χ1v) is 6.89. The molecule has 1 aromatic rings. The second-order valence-electron chi connectivity index (χ2n) is 4.83. The van der Waals surface area contributed by atoms with Gasteiger partial charge in [0.15, 0.2) is 0 Å². The Morgan fingerprint density at radius 3 is 2.71 bits per heavy atom. The molecule has 0 saturated heterocycles. The lowest BCUT2D eigenvalue weighted by Crippen LogP contribution is -2.36. The van der Waals surface area contributed by atoms with E-state index < -0.39 is 5.97 Å². The molecule has 0 aliphatic carbocycles. The molecule has 116 valence electrons. The van der Waals surface area contributed by atoms with Crippen LogP contribution < -0.4 is 10.6 Å². The Morgan fingerprint density at radius 2 is 2.05 bits per heavy atom. The summed E-state index contributed by atoms with van der Waals surface area (Å²) in [6.45, 7) is 2.48. The highest BCUT2D eigenvalue weighted by Crippen LogP contribution is 2.16. The summed E-state index contributed by atoms with van der Waals surface area (Å²) in [6, 6.07) is 6.89. The van der Waals surface area contributed by atoms with Crippen molar-refractivity contribution in [2.45, 2.75) is 32.2 Å². The van der Waals surface area contributed by atoms with Crippen molar-refractivity contribution in [2.24, 2.45) is 0 Å². The molecule has 0 spiro atoms. The summed E-state index contributed by atoms with van der Waals surface area (Å²) in [7, 11) is 1.62. The van der Waals surface area contributed by atoms with Gasteiger partial charge in [-0.1, -0.05) is 18.2 Å². The van der Waals surface area contributed by atoms with Gasteiger partial charge in [-0.25, -0.2) is 4.79 Å². The third-order valence-corrected chi connectivity index (χ3v) is 3.01. The molecule has 0 heterocycles. The van der Waals surface area contributed by atoms with Crippen molar-refractivity contribution in [2.75, 3.05) is 19.0 Å². The maximum atomic E-state index is 11.9. The Bertz CT molecular complexity index is 476. The number of hydrogen-bond acceptors (Lipinski definition) is 3. The van der Waals surface area contributed by atoms with Gasteiger partial charge in [-0.2, -0.15) is 0 Å². The maximum Gasteiger partial charge on any atom is 0.319 e. The van der Waals surface area contributed by atoms with E-state index in [0.717, 1.165) is 12.0 Å². The number of para-hydroxylation sites is 1. The summed E-state index contributed by atoms with van der Waals surface area (Å²) in [5, 5.41) is 14.3. The molecule has 2 amide bonds. The lowest BCUT2D eigenvalue weighted by molar-refractivity contribution is -0.136. The van der Waals surface area contributed by atoms with Crippen molar-refractivity contribution >= 4 is 17.7 Å². The van der Waals surface area contributed by atoms with Gasteiger partial charge in [0, 0.05) is 31.9 Å². The van der Waals surface area contributed by atoms with E-state index in [1.807, 2.05) is 19.1 Å². The van der Waals surface area contributed by atoms with Crippen molar-refractivity contribution in [3.63, 3.8) is 0 Å². The topological polar surface area (TPSA) is 87.7 Å². The quantitative estimate of drug-likeness (QED) is 0.686. The fourth-order valence-electron chi connectivity index (χ4n) is 1.85. The molecule has 0 aromatic heterocycles. The van der Waals surface area contributed by atoms with Crippen molar-refractivity contribution in [1.29, 1.82) is 0 Å². The average Bonchev–Trinajstić information content (AvgIpc) is 2.44. The van der Waals surface area contributed by atoms with Gasteiger partial charge in [0.05, 0.1) is 0 Å². The number of carboxylic acids is 1. The highest BCUT2D eigenvalue weighted by Gasteiger charge is 2.10. The number of anilines is 1. The van der Waals surface area contributed by atoms with Crippen molar-refractivity contribution in [3.8, 4) is 0 Å². The van der Waals surface area contributed by atoms with E-state index in [1.54, 1.807) is 19.2 Å². The molecule has 6 heteroatoms. The summed E-state index contributed by atoms with van der Waals surface area (Å²) in [6.07, 6.45) is 1.14. The minimum atomic E-state index is -0.859. The maximum absolute atomic E-state index is 11.9. The number of aryl methyl sites for hydroxylation is 1. The Balaban J connectivity index is 2.57. The minimum absolute atomic E-state index is 0.00358. The molecular formula is C15H22N2O4. The first-order chi connectivity index (χ1) is 10.0. The van der Waals surface area contributed by atoms with Crippen molar-refractivity contribution in [3.05, 3.63) is 29.8 Å². The number of rotatable bonds is 8. The van der Waals surface area contributed by atoms with Crippen LogP contribution in [0.15, 0.2) is 24.3 Å². The SMILES string of the molecule is COCCC(C)NC(=O)Nc1ccccc1CCC(=O)O. The molecule has 1 rings (SSSR count). The first kappa shape index (κ1) is 17.0. The van der Waals surface area contributed by atoms with Gasteiger partial charge < -0.3 is 20.5 Å². The number of hydrogen-bond donors (Lipinski definition) is 3. The van der Waals surface area contributed by atoms with E-state index in [9.17, 15) is 9.59 Å². The van der Waals surface area contributed by atoms with Gasteiger partial charge in [-0.15, -0.1) is 0 Å². The molecule has 0 fully saturated rings. The fraction of sp³-hybridized carbons (Fsp3) is 0.467. The Labute approximate surface area is 124 Å². The third kappa shape index (κ3) is 6.76. The predicted molar refractivity (Wildman–Crippen MR) is 80.5 cm³/mol. The summed E-state index contributed by atoms with van der Waals surface area (Å²) in [5.41, 5.74) is 1.44. The summed E-state index contributed by atoms with van der Waals surface area (Å²) in [5.74, 6) is -0.859. The number of methoxy groups -OCH3 is 1. The molecule has 0 aliphatic rings. The highest BCUT2D eigenvalue weighted by molar-refractivity contribution is 5.90. The largest absolute Gasteiger partial charge is 0.481 e. The normalized spacial score (nSPS) is 11.7. The molecule has 0 radical (unpaired) electrons. The molecule has 0 saturated carbocycles. The summed E-state index contributed by atoms with van der Waals surface area (Å²) in [4.78, 5) is 22.5. The van der Waals surface area contributed by atoms with Crippen LogP contribution in [0.3, 0.4) is 0 Å². The summed E-state index contributed by atoms with van der Waals surface area (Å²) < 4.78 is 4.96. The van der Waals surface area contributed by atoms with Crippen molar-refractivity contribution in [1.82, 2.24) is 5.32 Å². The van der Waals surface area contributed by atoms with Crippen LogP contribution in [0.2, 0.25) is 0 Å². The standard InChI is InChI=1S/C15H22N2O4/c1-11(9-10-21-2)16-15(20)17-13-6-4-3-5-12(13)7-8-14(18)19/h3-6,11H,7-10H2,1-2H3,(H,18,19)(H2,16,17,20). The Morgan fingerprint density at radius 1 is 1.33 bits per heavy atom. The van der Waals surface area contributed by atoms with E-state index >= 15 is 0 Å². The molecule has 1 aromatic carbocycles. The molecule has 0 bridgehead atoms. The zero-order valence-corrected chi connectivity index (χ0v) is 12.4. The number of carboxylic acid groups (broad SMARTS) is 1. The second-order valence-corrected chi connectivity index (χ2v) is 4.83. The van der Waals surface area contributed by atoms with E-state index in [-0.39, 0.29) is 18.5 Å². The van der Waals surface area contributed by atoms with Crippen LogP contribution in [0.5, 0.6) is 0 Å². The van der Waals surface area contributed by atoms with E-state index in [2.05, 4.69) is 10.6 Å². The molecule has 21 heavy (non-hydrogen) atoms. The van der Waals surface area contributed by atoms with Crippen LogP contribution >= 0.6 is 0 Å². The Hall–Kier alpha value is -2.08. The second kappa shape index (κ2) is 8.97. The number of nitrogens with one attached hydrogen (secondary N) is 2. The average molecular weight is 294 g/mol. The van der Waals surface area contributed by atoms with Crippen LogP contribution in [0, 0.1) is 0 Å². The smallest absolute Gasteiger partial charge is 0.319 e. The van der Waals surface area contributed by atoms with Gasteiger partial charge in [0.1, 0.15) is 0 Å². The number of carbonyl (C=O) groups excluding carboxylic acids is 1. The van der Waals surface area contributed by atoms with Crippen LogP contribution in [0.4, 0.5) is 10.5 Å². The third-order valence-electron chi connectivity index (χ3n) is 3.01. The lowest BCUT2D eigenvalue weighted by Gasteiger charge is -2.15. The van der Waals surface area contributed by atoms with Crippen molar-refractivity contribution < 1.29 is 19.4 Å². The van der Waals surface area contributed by atoms with E-state index in [1.165, 1.54) is 0 Å². The molecule has 6 nitrogen and oxygen atoms in total. The summed E-state index contributed by atoms with van der Waals surface area (Å²) >= 11 is 0. The predicted octanol–water partition coefficient (Wildman–Crippen LogP) is 2.25. The Kier molecular flexibility index (Phi) is 7.25. The van der Waals surface area contributed by atoms with E-state index in [4.69, 9.17) is 9.84 Å². The number of amides is 2. The monoisotopic (exact) mass is 294 g/mol. The van der Waals surface area contributed by atoms with Gasteiger partial charge >= 0.3 is 12.0 Å². The van der Waals surface area contributed by atoms with Gasteiger partial charge in [-0.05, 0) is 31.4 Å².